The highest BCUT2D eigenvalue weighted by Crippen LogP contribution is 2.23. The maximum Gasteiger partial charge on any atom is 0.258 e. The molecule has 1 fully saturated rings. The van der Waals surface area contributed by atoms with Crippen molar-refractivity contribution in [1.29, 1.82) is 0 Å². The number of nitrogens with two attached hydrogens (primary N) is 1. The molecular formula is C11H15N9O. The summed E-state index contributed by atoms with van der Waals surface area (Å²) < 4.78 is 1.43. The maximum atomic E-state index is 11.5. The molecule has 3 heterocycles. The Bertz CT molecular complexity index is 641. The van der Waals surface area contributed by atoms with Gasteiger partial charge in [0, 0.05) is 13.6 Å². The van der Waals surface area contributed by atoms with E-state index in [9.17, 15) is 4.79 Å². The molecule has 1 aliphatic heterocycles. The van der Waals surface area contributed by atoms with Gasteiger partial charge in [-0.25, -0.2) is 4.98 Å². The molecule has 10 heteroatoms. The van der Waals surface area contributed by atoms with Gasteiger partial charge in [-0.15, -0.1) is 0 Å². The number of carbonyl (C=O) groups excluding carboxylic acids is 1. The predicted octanol–water partition coefficient (Wildman–Crippen LogP) is -1.05. The van der Waals surface area contributed by atoms with Crippen molar-refractivity contribution in [2.45, 2.75) is 18.9 Å². The average Bonchev–Trinajstić information content (AvgIpc) is 3.17. The quantitative estimate of drug-likeness (QED) is 0.729. The molecule has 21 heavy (non-hydrogen) atoms. The molecule has 0 aliphatic carbocycles. The number of carbonyl (C=O) groups is 1. The first-order valence-corrected chi connectivity index (χ1v) is 6.54. The van der Waals surface area contributed by atoms with Crippen molar-refractivity contribution >= 4 is 17.8 Å². The van der Waals surface area contributed by atoms with Gasteiger partial charge in [0.05, 0.1) is 0 Å². The fourth-order valence-electron chi connectivity index (χ4n) is 2.31. The molecule has 10 nitrogen and oxygen atoms in total. The topological polar surface area (TPSA) is 128 Å². The SMILES string of the molecule is CNc1nc(N2CCCC2C(N)=O)nc(-n2cncn2)n1. The van der Waals surface area contributed by atoms with Gasteiger partial charge in [0.2, 0.25) is 17.8 Å². The summed E-state index contributed by atoms with van der Waals surface area (Å²) >= 11 is 0. The Morgan fingerprint density at radius 2 is 2.19 bits per heavy atom. The standard InChI is InChI=1S/C11H15N9O/c1-13-9-16-10(19-4-2-3-7(19)8(12)21)18-11(17-9)20-6-14-5-15-20/h5-7H,2-4H2,1H3,(H2,12,21)(H,13,16,17,18). The Labute approximate surface area is 120 Å². The highest BCUT2D eigenvalue weighted by atomic mass is 16.1. The summed E-state index contributed by atoms with van der Waals surface area (Å²) in [6, 6.07) is -0.388. The summed E-state index contributed by atoms with van der Waals surface area (Å²) in [6.45, 7) is 0.678. The Morgan fingerprint density at radius 1 is 1.38 bits per heavy atom. The van der Waals surface area contributed by atoms with Crippen LogP contribution in [0.15, 0.2) is 12.7 Å². The smallest absolute Gasteiger partial charge is 0.258 e. The molecule has 0 aromatic carbocycles. The van der Waals surface area contributed by atoms with Crippen LogP contribution < -0.4 is 16.0 Å². The first-order valence-electron chi connectivity index (χ1n) is 6.54. The Kier molecular flexibility index (Phi) is 3.34. The third kappa shape index (κ3) is 2.47. The summed E-state index contributed by atoms with van der Waals surface area (Å²) in [5.74, 6) is 0.750. The lowest BCUT2D eigenvalue weighted by Crippen LogP contribution is -2.41. The number of nitrogens with one attached hydrogen (secondary N) is 1. The van der Waals surface area contributed by atoms with Gasteiger partial charge in [0.1, 0.15) is 18.7 Å². The number of primary amides is 1. The maximum absolute atomic E-state index is 11.5. The van der Waals surface area contributed by atoms with Crippen LogP contribution in [-0.4, -0.2) is 55.3 Å². The van der Waals surface area contributed by atoms with Crippen molar-refractivity contribution in [2.24, 2.45) is 5.73 Å². The van der Waals surface area contributed by atoms with Crippen LogP contribution in [0, 0.1) is 0 Å². The van der Waals surface area contributed by atoms with Gasteiger partial charge in [-0.1, -0.05) is 0 Å². The summed E-state index contributed by atoms with van der Waals surface area (Å²) in [6.07, 6.45) is 4.46. The summed E-state index contributed by atoms with van der Waals surface area (Å²) in [5, 5.41) is 6.87. The molecule has 0 saturated carbocycles. The molecule has 1 saturated heterocycles. The zero-order valence-electron chi connectivity index (χ0n) is 11.5. The molecule has 1 unspecified atom stereocenters. The van der Waals surface area contributed by atoms with E-state index >= 15 is 0 Å². The lowest BCUT2D eigenvalue weighted by atomic mass is 10.2. The van der Waals surface area contributed by atoms with Crippen LogP contribution in [0.1, 0.15) is 12.8 Å². The number of hydrogen-bond acceptors (Lipinski definition) is 8. The molecule has 0 radical (unpaired) electrons. The lowest BCUT2D eigenvalue weighted by Gasteiger charge is -2.22. The van der Waals surface area contributed by atoms with Gasteiger partial charge in [0.25, 0.3) is 5.95 Å². The molecule has 0 spiro atoms. The first kappa shape index (κ1) is 13.2. The highest BCUT2D eigenvalue weighted by Gasteiger charge is 2.31. The van der Waals surface area contributed by atoms with Crippen LogP contribution in [0.3, 0.4) is 0 Å². The normalized spacial score (nSPS) is 18.0. The van der Waals surface area contributed by atoms with Crippen molar-refractivity contribution in [3.8, 4) is 5.95 Å². The van der Waals surface area contributed by atoms with Gasteiger partial charge in [-0.05, 0) is 12.8 Å². The number of nitrogens with zero attached hydrogens (tertiary/aromatic N) is 7. The van der Waals surface area contributed by atoms with Crippen molar-refractivity contribution in [3.63, 3.8) is 0 Å². The van der Waals surface area contributed by atoms with E-state index in [0.29, 0.717) is 30.8 Å². The number of amides is 1. The first-order chi connectivity index (χ1) is 10.2. The molecular weight excluding hydrogens is 274 g/mol. The fraction of sp³-hybridized carbons (Fsp3) is 0.455. The zero-order chi connectivity index (χ0) is 14.8. The third-order valence-electron chi connectivity index (χ3n) is 3.30. The van der Waals surface area contributed by atoms with Crippen LogP contribution in [0.2, 0.25) is 0 Å². The summed E-state index contributed by atoms with van der Waals surface area (Å²) in [4.78, 5) is 30.1. The largest absolute Gasteiger partial charge is 0.368 e. The van der Waals surface area contributed by atoms with E-state index in [4.69, 9.17) is 5.73 Å². The summed E-state index contributed by atoms with van der Waals surface area (Å²) in [5.41, 5.74) is 5.43. The van der Waals surface area contributed by atoms with Gasteiger partial charge in [-0.3, -0.25) is 4.79 Å². The van der Waals surface area contributed by atoms with E-state index in [1.165, 1.54) is 17.3 Å². The van der Waals surface area contributed by atoms with E-state index in [2.05, 4.69) is 30.4 Å². The van der Waals surface area contributed by atoms with Gasteiger partial charge < -0.3 is 16.0 Å². The van der Waals surface area contributed by atoms with Crippen LogP contribution in [0.25, 0.3) is 5.95 Å². The molecule has 1 amide bonds. The van der Waals surface area contributed by atoms with Crippen molar-refractivity contribution in [3.05, 3.63) is 12.7 Å². The minimum Gasteiger partial charge on any atom is -0.368 e. The number of aromatic nitrogens is 6. The van der Waals surface area contributed by atoms with Crippen LogP contribution in [0.5, 0.6) is 0 Å². The molecule has 2 aromatic heterocycles. The molecule has 3 rings (SSSR count). The van der Waals surface area contributed by atoms with Crippen LogP contribution >= 0.6 is 0 Å². The van der Waals surface area contributed by atoms with E-state index in [0.717, 1.165) is 6.42 Å². The van der Waals surface area contributed by atoms with Crippen molar-refractivity contribution in [1.82, 2.24) is 29.7 Å². The van der Waals surface area contributed by atoms with E-state index < -0.39 is 0 Å². The van der Waals surface area contributed by atoms with Gasteiger partial charge >= 0.3 is 0 Å². The number of anilines is 2. The molecule has 1 atom stereocenters. The monoisotopic (exact) mass is 289 g/mol. The van der Waals surface area contributed by atoms with E-state index in [-0.39, 0.29) is 11.9 Å². The molecule has 2 aromatic rings. The fourth-order valence-corrected chi connectivity index (χ4v) is 2.31. The lowest BCUT2D eigenvalue weighted by molar-refractivity contribution is -0.119. The average molecular weight is 289 g/mol. The zero-order valence-corrected chi connectivity index (χ0v) is 11.5. The second kappa shape index (κ2) is 5.31. The Balaban J connectivity index is 2.02. The molecule has 0 bridgehead atoms. The van der Waals surface area contributed by atoms with Crippen molar-refractivity contribution < 1.29 is 4.79 Å². The molecule has 1 aliphatic rings. The second-order valence-electron chi connectivity index (χ2n) is 4.60. The minimum atomic E-state index is -0.388. The van der Waals surface area contributed by atoms with Crippen molar-refractivity contribution in [2.75, 3.05) is 23.8 Å². The Hall–Kier alpha value is -2.78. The van der Waals surface area contributed by atoms with Crippen LogP contribution in [-0.2, 0) is 4.79 Å². The number of hydrogen-bond donors (Lipinski definition) is 2. The minimum absolute atomic E-state index is 0.331. The van der Waals surface area contributed by atoms with Gasteiger partial charge in [-0.2, -0.15) is 24.7 Å². The Morgan fingerprint density at radius 3 is 2.86 bits per heavy atom. The number of rotatable bonds is 4. The van der Waals surface area contributed by atoms with E-state index in [1.807, 2.05) is 0 Å². The van der Waals surface area contributed by atoms with E-state index in [1.54, 1.807) is 11.9 Å². The third-order valence-corrected chi connectivity index (χ3v) is 3.30. The molecule has 3 N–H and O–H groups in total. The summed E-state index contributed by atoms with van der Waals surface area (Å²) in [7, 11) is 1.71. The predicted molar refractivity (Wildman–Crippen MR) is 73.9 cm³/mol. The second-order valence-corrected chi connectivity index (χ2v) is 4.60. The van der Waals surface area contributed by atoms with Gasteiger partial charge in [0.15, 0.2) is 0 Å². The molecule has 110 valence electrons. The van der Waals surface area contributed by atoms with Crippen LogP contribution in [0.4, 0.5) is 11.9 Å². The highest BCUT2D eigenvalue weighted by molar-refractivity contribution is 5.83.